The summed E-state index contributed by atoms with van der Waals surface area (Å²) in [5, 5.41) is 13.6. The van der Waals surface area contributed by atoms with Gasteiger partial charge in [-0.3, -0.25) is 24.6 Å². The van der Waals surface area contributed by atoms with E-state index in [1.165, 1.54) is 19.1 Å². The van der Waals surface area contributed by atoms with E-state index in [2.05, 4.69) is 5.32 Å². The van der Waals surface area contributed by atoms with Crippen LogP contribution in [0.15, 0.2) is 107 Å². The molecule has 0 saturated heterocycles. The summed E-state index contributed by atoms with van der Waals surface area (Å²) in [5.74, 6) is 0.610. The van der Waals surface area contributed by atoms with Gasteiger partial charge in [-0.15, -0.1) is 0 Å². The number of anilines is 2. The lowest BCUT2D eigenvalue weighted by Gasteiger charge is -2.21. The summed E-state index contributed by atoms with van der Waals surface area (Å²) in [7, 11) is 0. The van der Waals surface area contributed by atoms with Crippen molar-refractivity contribution in [1.82, 2.24) is 0 Å². The van der Waals surface area contributed by atoms with Crippen molar-refractivity contribution in [3.05, 3.63) is 124 Å². The summed E-state index contributed by atoms with van der Waals surface area (Å²) in [4.78, 5) is 37.0. The van der Waals surface area contributed by atoms with Gasteiger partial charge in [0.15, 0.2) is 0 Å². The fourth-order valence-electron chi connectivity index (χ4n) is 4.08. The molecule has 4 aromatic rings. The van der Waals surface area contributed by atoms with Gasteiger partial charge in [-0.05, 0) is 66.2 Å². The maximum absolute atomic E-state index is 13.6. The number of carbonyl (C=O) groups excluding carboxylic acids is 2. The Kier molecular flexibility index (Phi) is 6.22. The highest BCUT2D eigenvalue weighted by Crippen LogP contribution is 2.36. The van der Waals surface area contributed by atoms with E-state index >= 15 is 0 Å². The zero-order valence-corrected chi connectivity index (χ0v) is 19.8. The van der Waals surface area contributed by atoms with Crippen LogP contribution in [0.4, 0.5) is 17.1 Å². The predicted molar refractivity (Wildman–Crippen MR) is 141 cm³/mol. The summed E-state index contributed by atoms with van der Waals surface area (Å²) in [6.07, 6.45) is 3.49. The number of rotatable bonds is 6. The van der Waals surface area contributed by atoms with Crippen LogP contribution in [-0.4, -0.2) is 16.7 Å². The number of nitro groups is 1. The van der Waals surface area contributed by atoms with Gasteiger partial charge in [0.05, 0.1) is 10.6 Å². The first-order chi connectivity index (χ1) is 17.9. The smallest absolute Gasteiger partial charge is 0.269 e. The second kappa shape index (κ2) is 9.79. The molecule has 0 aliphatic carbocycles. The van der Waals surface area contributed by atoms with Crippen molar-refractivity contribution in [2.45, 2.75) is 6.92 Å². The predicted octanol–water partition coefficient (Wildman–Crippen LogP) is 6.28. The monoisotopic (exact) mass is 491 g/mol. The number of amides is 2. The highest BCUT2D eigenvalue weighted by atomic mass is 16.6. The summed E-state index contributed by atoms with van der Waals surface area (Å²) in [5.41, 5.74) is 4.01. The Morgan fingerprint density at radius 3 is 2.27 bits per heavy atom. The van der Waals surface area contributed by atoms with Crippen molar-refractivity contribution in [2.75, 3.05) is 10.2 Å². The number of furan rings is 1. The highest BCUT2D eigenvalue weighted by Gasteiger charge is 2.30. The van der Waals surface area contributed by atoms with E-state index in [1.807, 2.05) is 36.4 Å². The molecule has 8 nitrogen and oxygen atoms in total. The van der Waals surface area contributed by atoms with Crippen LogP contribution in [0.3, 0.4) is 0 Å². The molecule has 8 heteroatoms. The Morgan fingerprint density at radius 1 is 0.919 bits per heavy atom. The van der Waals surface area contributed by atoms with Crippen LogP contribution < -0.4 is 10.2 Å². The first kappa shape index (κ1) is 23.5. The highest BCUT2D eigenvalue weighted by molar-refractivity contribution is 6.23. The molecule has 2 amide bonds. The summed E-state index contributed by atoms with van der Waals surface area (Å²) >= 11 is 0. The molecule has 0 bridgehead atoms. The van der Waals surface area contributed by atoms with Gasteiger partial charge in [0.25, 0.3) is 11.6 Å². The first-order valence-electron chi connectivity index (χ1n) is 11.4. The topological polar surface area (TPSA) is 106 Å². The third-order valence-electron chi connectivity index (χ3n) is 5.79. The molecule has 2 heterocycles. The second-order valence-corrected chi connectivity index (χ2v) is 8.37. The molecule has 1 aliphatic heterocycles. The summed E-state index contributed by atoms with van der Waals surface area (Å²) in [6.45, 7) is 1.44. The lowest BCUT2D eigenvalue weighted by atomic mass is 10.1. The molecule has 0 atom stereocenters. The van der Waals surface area contributed by atoms with Gasteiger partial charge < -0.3 is 9.73 Å². The van der Waals surface area contributed by atoms with Crippen LogP contribution in [0.2, 0.25) is 0 Å². The van der Waals surface area contributed by atoms with Gasteiger partial charge in [0.2, 0.25) is 5.91 Å². The Balaban J connectivity index is 1.48. The zero-order valence-electron chi connectivity index (χ0n) is 19.8. The molecule has 1 aromatic heterocycles. The van der Waals surface area contributed by atoms with Crippen molar-refractivity contribution in [3.63, 3.8) is 0 Å². The summed E-state index contributed by atoms with van der Waals surface area (Å²) < 4.78 is 5.93. The van der Waals surface area contributed by atoms with E-state index in [9.17, 15) is 19.7 Å². The third kappa shape index (κ3) is 4.94. The summed E-state index contributed by atoms with van der Waals surface area (Å²) in [6, 6.07) is 26.2. The number of non-ortho nitro benzene ring substituents is 1. The number of nitrogens with one attached hydrogen (secondary N) is 1. The standard InChI is InChI=1S/C29H21N3O5/c1-19(33)30-23-9-13-24(14-10-23)31-27(20-5-3-2-4-6-20)18-22(29(31)34)17-26-15-16-28(37-26)21-7-11-25(12-8-21)32(35)36/h2-18H,1H3,(H,30,33)/b22-17+. The quantitative estimate of drug-likeness (QED) is 0.194. The minimum atomic E-state index is -0.455. The molecule has 1 N–H and O–H groups in total. The zero-order chi connectivity index (χ0) is 25.9. The lowest BCUT2D eigenvalue weighted by molar-refractivity contribution is -0.384. The number of carbonyl (C=O) groups is 2. The Morgan fingerprint density at radius 2 is 1.62 bits per heavy atom. The molecule has 0 unspecified atom stereocenters. The molecule has 1 aliphatic rings. The minimum Gasteiger partial charge on any atom is -0.457 e. The van der Waals surface area contributed by atoms with Crippen molar-refractivity contribution < 1.29 is 18.9 Å². The molecule has 182 valence electrons. The van der Waals surface area contributed by atoms with Gasteiger partial charge in [-0.1, -0.05) is 30.3 Å². The van der Waals surface area contributed by atoms with Gasteiger partial charge in [-0.2, -0.15) is 0 Å². The van der Waals surface area contributed by atoms with Crippen molar-refractivity contribution in [2.24, 2.45) is 0 Å². The molecule has 37 heavy (non-hydrogen) atoms. The molecule has 0 spiro atoms. The number of hydrogen-bond donors (Lipinski definition) is 1. The van der Waals surface area contributed by atoms with Gasteiger partial charge in [0.1, 0.15) is 11.5 Å². The van der Waals surface area contributed by atoms with E-state index in [0.29, 0.717) is 39.7 Å². The average molecular weight is 492 g/mol. The van der Waals surface area contributed by atoms with Crippen LogP contribution in [0.1, 0.15) is 18.2 Å². The maximum atomic E-state index is 13.6. The van der Waals surface area contributed by atoms with Crippen LogP contribution in [-0.2, 0) is 9.59 Å². The lowest BCUT2D eigenvalue weighted by Crippen LogP contribution is -2.24. The number of nitro benzene ring substituents is 1. The van der Waals surface area contributed by atoms with Gasteiger partial charge >= 0.3 is 0 Å². The number of benzene rings is 3. The normalized spacial score (nSPS) is 14.1. The van der Waals surface area contributed by atoms with Crippen molar-refractivity contribution in [3.8, 4) is 11.3 Å². The Labute approximate surface area is 212 Å². The van der Waals surface area contributed by atoms with Crippen molar-refractivity contribution in [1.29, 1.82) is 0 Å². The molecular weight excluding hydrogens is 470 g/mol. The minimum absolute atomic E-state index is 0.00187. The first-order valence-corrected chi connectivity index (χ1v) is 11.4. The number of hydrogen-bond acceptors (Lipinski definition) is 5. The fraction of sp³-hybridized carbons (Fsp3) is 0.0345. The second-order valence-electron chi connectivity index (χ2n) is 8.37. The molecule has 0 saturated carbocycles. The molecule has 0 radical (unpaired) electrons. The van der Waals surface area contributed by atoms with E-state index in [4.69, 9.17) is 4.42 Å². The van der Waals surface area contributed by atoms with Crippen LogP contribution in [0.25, 0.3) is 23.1 Å². The van der Waals surface area contributed by atoms with Crippen LogP contribution in [0.5, 0.6) is 0 Å². The van der Waals surface area contributed by atoms with Crippen LogP contribution >= 0.6 is 0 Å². The Bertz CT molecular complexity index is 1550. The maximum Gasteiger partial charge on any atom is 0.269 e. The molecule has 3 aromatic carbocycles. The van der Waals surface area contributed by atoms with Crippen LogP contribution in [0, 0.1) is 10.1 Å². The van der Waals surface area contributed by atoms with Gasteiger partial charge in [0, 0.05) is 41.6 Å². The fourth-order valence-corrected chi connectivity index (χ4v) is 4.08. The van der Waals surface area contributed by atoms with E-state index < -0.39 is 4.92 Å². The molecular formula is C29H21N3O5. The van der Waals surface area contributed by atoms with E-state index in [1.54, 1.807) is 59.5 Å². The SMILES string of the molecule is CC(=O)Nc1ccc(N2C(=O)/C(=C/c3ccc(-c4ccc([N+](=O)[O-])cc4)o3)C=C2c2ccccc2)cc1. The largest absolute Gasteiger partial charge is 0.457 e. The van der Waals surface area contributed by atoms with E-state index in [0.717, 1.165) is 5.56 Å². The molecule has 5 rings (SSSR count). The molecule has 0 fully saturated rings. The van der Waals surface area contributed by atoms with Gasteiger partial charge in [-0.25, -0.2) is 0 Å². The average Bonchev–Trinajstić information content (AvgIpc) is 3.50. The Hall–Kier alpha value is -5.24. The van der Waals surface area contributed by atoms with E-state index in [-0.39, 0.29) is 17.5 Å². The third-order valence-corrected chi connectivity index (χ3v) is 5.79. The number of nitrogens with zero attached hydrogens (tertiary/aromatic N) is 2. The van der Waals surface area contributed by atoms with Crippen molar-refractivity contribution >= 4 is 40.6 Å².